The Kier molecular flexibility index (Phi) is 5.33. The fourth-order valence-electron chi connectivity index (χ4n) is 3.62. The van der Waals surface area contributed by atoms with Crippen LogP contribution in [0.25, 0.3) is 10.2 Å². The fraction of sp³-hybridized carbons (Fsp3) is 0.611. The standard InChI is InChI=1S/C18H23N3O3S2/c1-10-4-5-12-13(7-10)26-17-15(12)16(23)20-18(21-17)25-9-14(22)19-8-11-3-2-6-24-11/h10-11H,2-9H2,1H3,(H,19,22)(H,20,21,23)/t10-,11+/m1/s1. The molecule has 2 aromatic rings. The molecule has 8 heteroatoms. The molecule has 2 atom stereocenters. The predicted octanol–water partition coefficient (Wildman–Crippen LogP) is 2.50. The molecule has 0 aromatic carbocycles. The molecule has 140 valence electrons. The number of carbonyl (C=O) groups is 1. The van der Waals surface area contributed by atoms with Crippen LogP contribution in [0.1, 0.15) is 36.6 Å². The highest BCUT2D eigenvalue weighted by Crippen LogP contribution is 2.36. The molecular weight excluding hydrogens is 370 g/mol. The van der Waals surface area contributed by atoms with Crippen molar-refractivity contribution in [2.24, 2.45) is 5.92 Å². The smallest absolute Gasteiger partial charge is 0.260 e. The van der Waals surface area contributed by atoms with Gasteiger partial charge in [-0.1, -0.05) is 18.7 Å². The Morgan fingerprint density at radius 2 is 2.35 bits per heavy atom. The van der Waals surface area contributed by atoms with Crippen molar-refractivity contribution in [3.63, 3.8) is 0 Å². The van der Waals surface area contributed by atoms with E-state index < -0.39 is 0 Å². The molecule has 0 bridgehead atoms. The predicted molar refractivity (Wildman–Crippen MR) is 104 cm³/mol. The van der Waals surface area contributed by atoms with E-state index in [1.807, 2.05) is 0 Å². The summed E-state index contributed by atoms with van der Waals surface area (Å²) in [7, 11) is 0. The van der Waals surface area contributed by atoms with Gasteiger partial charge in [-0.05, 0) is 43.6 Å². The van der Waals surface area contributed by atoms with Crippen molar-refractivity contribution in [2.45, 2.75) is 50.3 Å². The monoisotopic (exact) mass is 393 g/mol. The molecule has 1 fully saturated rings. The number of fused-ring (bicyclic) bond motifs is 3. The van der Waals surface area contributed by atoms with Gasteiger partial charge in [0.25, 0.3) is 5.56 Å². The molecule has 3 heterocycles. The second-order valence-corrected chi connectivity index (χ2v) is 9.18. The number of nitrogens with one attached hydrogen (secondary N) is 2. The van der Waals surface area contributed by atoms with Gasteiger partial charge < -0.3 is 15.0 Å². The molecular formula is C18H23N3O3S2. The van der Waals surface area contributed by atoms with E-state index in [0.29, 0.717) is 17.6 Å². The molecule has 1 amide bonds. The number of carbonyl (C=O) groups excluding carboxylic acids is 1. The van der Waals surface area contributed by atoms with Crippen LogP contribution in [0, 0.1) is 5.92 Å². The zero-order valence-corrected chi connectivity index (χ0v) is 16.4. The van der Waals surface area contributed by atoms with Crippen molar-refractivity contribution in [3.8, 4) is 0 Å². The van der Waals surface area contributed by atoms with Gasteiger partial charge in [-0.3, -0.25) is 9.59 Å². The van der Waals surface area contributed by atoms with E-state index in [2.05, 4.69) is 22.2 Å². The fourth-order valence-corrected chi connectivity index (χ4v) is 5.75. The molecule has 1 aliphatic heterocycles. The first-order chi connectivity index (χ1) is 12.6. The summed E-state index contributed by atoms with van der Waals surface area (Å²) >= 11 is 2.91. The molecule has 1 aliphatic carbocycles. The largest absolute Gasteiger partial charge is 0.376 e. The Balaban J connectivity index is 1.42. The quantitative estimate of drug-likeness (QED) is 0.602. The molecule has 6 nitrogen and oxygen atoms in total. The summed E-state index contributed by atoms with van der Waals surface area (Å²) in [6.45, 7) is 3.59. The van der Waals surface area contributed by atoms with Crippen molar-refractivity contribution in [3.05, 3.63) is 20.8 Å². The van der Waals surface area contributed by atoms with Crippen molar-refractivity contribution < 1.29 is 9.53 Å². The lowest BCUT2D eigenvalue weighted by Crippen LogP contribution is -2.33. The number of aryl methyl sites for hydroxylation is 1. The highest BCUT2D eigenvalue weighted by Gasteiger charge is 2.23. The first kappa shape index (κ1) is 18.0. The second-order valence-electron chi connectivity index (χ2n) is 7.13. The maximum Gasteiger partial charge on any atom is 0.260 e. The second kappa shape index (κ2) is 7.70. The van der Waals surface area contributed by atoms with E-state index in [1.165, 1.54) is 22.2 Å². The molecule has 2 aromatic heterocycles. The van der Waals surface area contributed by atoms with E-state index in [1.54, 1.807) is 11.3 Å². The van der Waals surface area contributed by atoms with Crippen molar-refractivity contribution >= 4 is 39.2 Å². The summed E-state index contributed by atoms with van der Waals surface area (Å²) < 4.78 is 5.50. The minimum absolute atomic E-state index is 0.0625. The molecule has 1 saturated heterocycles. The van der Waals surface area contributed by atoms with Crippen LogP contribution in [0.15, 0.2) is 9.95 Å². The number of nitrogens with zero attached hydrogens (tertiary/aromatic N) is 1. The van der Waals surface area contributed by atoms with Gasteiger partial charge in [-0.15, -0.1) is 11.3 Å². The third-order valence-corrected chi connectivity index (χ3v) is 7.06. The summed E-state index contributed by atoms with van der Waals surface area (Å²) in [4.78, 5) is 34.1. The van der Waals surface area contributed by atoms with Crippen LogP contribution in [-0.4, -0.2) is 40.9 Å². The molecule has 0 spiro atoms. The number of hydrogen-bond donors (Lipinski definition) is 2. The van der Waals surface area contributed by atoms with Gasteiger partial charge in [0.2, 0.25) is 5.91 Å². The molecule has 4 rings (SSSR count). The number of hydrogen-bond acceptors (Lipinski definition) is 6. The maximum absolute atomic E-state index is 12.5. The average molecular weight is 394 g/mol. The Hall–Kier alpha value is -1.38. The van der Waals surface area contributed by atoms with Gasteiger partial charge in [0, 0.05) is 18.0 Å². The minimum Gasteiger partial charge on any atom is -0.376 e. The van der Waals surface area contributed by atoms with Gasteiger partial charge in [-0.2, -0.15) is 0 Å². The average Bonchev–Trinajstić information content (AvgIpc) is 3.24. The number of amides is 1. The summed E-state index contributed by atoms with van der Waals surface area (Å²) in [5.41, 5.74) is 1.10. The number of rotatable bonds is 5. The van der Waals surface area contributed by atoms with Crippen molar-refractivity contribution in [1.29, 1.82) is 0 Å². The van der Waals surface area contributed by atoms with Gasteiger partial charge in [0.05, 0.1) is 17.2 Å². The van der Waals surface area contributed by atoms with Crippen LogP contribution >= 0.6 is 23.1 Å². The first-order valence-corrected chi connectivity index (χ1v) is 11.0. The number of thioether (sulfide) groups is 1. The van der Waals surface area contributed by atoms with Crippen molar-refractivity contribution in [2.75, 3.05) is 18.9 Å². The molecule has 2 N–H and O–H groups in total. The van der Waals surface area contributed by atoms with Gasteiger partial charge in [0.1, 0.15) is 4.83 Å². The van der Waals surface area contributed by atoms with Gasteiger partial charge >= 0.3 is 0 Å². The summed E-state index contributed by atoms with van der Waals surface area (Å²) in [6.07, 6.45) is 5.31. The molecule has 0 saturated carbocycles. The molecule has 26 heavy (non-hydrogen) atoms. The highest BCUT2D eigenvalue weighted by molar-refractivity contribution is 7.99. The molecule has 0 unspecified atom stereocenters. The number of H-pyrrole nitrogens is 1. The maximum atomic E-state index is 12.5. The minimum atomic E-state index is -0.0793. The zero-order chi connectivity index (χ0) is 18.1. The summed E-state index contributed by atoms with van der Waals surface area (Å²) in [5.74, 6) is 0.840. The zero-order valence-electron chi connectivity index (χ0n) is 14.8. The van der Waals surface area contributed by atoms with E-state index in [9.17, 15) is 9.59 Å². The highest BCUT2D eigenvalue weighted by atomic mass is 32.2. The van der Waals surface area contributed by atoms with Gasteiger partial charge in [0.15, 0.2) is 5.16 Å². The third-order valence-electron chi connectivity index (χ3n) is 5.03. The van der Waals surface area contributed by atoms with Crippen LogP contribution < -0.4 is 10.9 Å². The van der Waals surface area contributed by atoms with Gasteiger partial charge in [-0.25, -0.2) is 4.98 Å². The Morgan fingerprint density at radius 3 is 3.15 bits per heavy atom. The van der Waals surface area contributed by atoms with Crippen LogP contribution in [-0.2, 0) is 22.4 Å². The number of ether oxygens (including phenoxy) is 1. The van der Waals surface area contributed by atoms with Crippen LogP contribution in [0.4, 0.5) is 0 Å². The third kappa shape index (κ3) is 3.82. The SMILES string of the molecule is C[C@@H]1CCc2c(sc3nc(SCC(=O)NC[C@@H]4CCCO4)[nH]c(=O)c23)C1. The topological polar surface area (TPSA) is 84.1 Å². The normalized spacial score (nSPS) is 22.5. The Bertz CT molecular complexity index is 870. The van der Waals surface area contributed by atoms with E-state index in [0.717, 1.165) is 48.9 Å². The van der Waals surface area contributed by atoms with Crippen LogP contribution in [0.3, 0.4) is 0 Å². The van der Waals surface area contributed by atoms with E-state index in [4.69, 9.17) is 4.74 Å². The van der Waals surface area contributed by atoms with Crippen LogP contribution in [0.2, 0.25) is 0 Å². The lowest BCUT2D eigenvalue weighted by Gasteiger charge is -2.17. The Labute approximate surface area is 160 Å². The van der Waals surface area contributed by atoms with Crippen LogP contribution in [0.5, 0.6) is 0 Å². The van der Waals surface area contributed by atoms with E-state index >= 15 is 0 Å². The Morgan fingerprint density at radius 1 is 1.46 bits per heavy atom. The summed E-state index contributed by atoms with van der Waals surface area (Å²) in [5, 5.41) is 4.16. The lowest BCUT2D eigenvalue weighted by atomic mass is 9.89. The number of aromatic nitrogens is 2. The number of aromatic amines is 1. The number of thiophene rings is 1. The molecule has 2 aliphatic rings. The first-order valence-electron chi connectivity index (χ1n) is 9.16. The van der Waals surface area contributed by atoms with E-state index in [-0.39, 0.29) is 23.3 Å². The molecule has 0 radical (unpaired) electrons. The summed E-state index contributed by atoms with van der Waals surface area (Å²) in [6, 6.07) is 0. The lowest BCUT2D eigenvalue weighted by molar-refractivity contribution is -0.119. The van der Waals surface area contributed by atoms with Crippen molar-refractivity contribution in [1.82, 2.24) is 15.3 Å².